The first kappa shape index (κ1) is 12.4. The van der Waals surface area contributed by atoms with Crippen molar-refractivity contribution in [1.29, 1.82) is 0 Å². The highest BCUT2D eigenvalue weighted by Crippen LogP contribution is 2.25. The standard InChI is InChI=1S/C14H20FNO/c1-10-6-11(9-16-8-10)7-12-4-3-5-13(17-2)14(12)15/h3-5,10-11,16H,6-9H2,1-2H3. The van der Waals surface area contributed by atoms with E-state index in [0.717, 1.165) is 25.1 Å². The van der Waals surface area contributed by atoms with Gasteiger partial charge in [-0.25, -0.2) is 4.39 Å². The van der Waals surface area contributed by atoms with Crippen molar-refractivity contribution >= 4 is 0 Å². The van der Waals surface area contributed by atoms with Crippen molar-refractivity contribution in [2.75, 3.05) is 20.2 Å². The molecule has 94 valence electrons. The second-order valence-electron chi connectivity index (χ2n) is 5.00. The van der Waals surface area contributed by atoms with Crippen LogP contribution in [-0.4, -0.2) is 20.2 Å². The Hall–Kier alpha value is -1.09. The van der Waals surface area contributed by atoms with Crippen LogP contribution in [0.3, 0.4) is 0 Å². The Balaban J connectivity index is 2.07. The van der Waals surface area contributed by atoms with Gasteiger partial charge < -0.3 is 10.1 Å². The van der Waals surface area contributed by atoms with Crippen LogP contribution in [0.5, 0.6) is 5.75 Å². The summed E-state index contributed by atoms with van der Waals surface area (Å²) in [6, 6.07) is 5.38. The van der Waals surface area contributed by atoms with Gasteiger partial charge in [0.15, 0.2) is 11.6 Å². The van der Waals surface area contributed by atoms with E-state index in [1.54, 1.807) is 6.07 Å². The highest BCUT2D eigenvalue weighted by atomic mass is 19.1. The van der Waals surface area contributed by atoms with E-state index < -0.39 is 0 Å². The fourth-order valence-electron chi connectivity index (χ4n) is 2.61. The number of nitrogens with one attached hydrogen (secondary N) is 1. The SMILES string of the molecule is COc1cccc(CC2CNCC(C)C2)c1F. The van der Waals surface area contributed by atoms with Crippen molar-refractivity contribution in [2.24, 2.45) is 11.8 Å². The maximum absolute atomic E-state index is 14.0. The number of rotatable bonds is 3. The van der Waals surface area contributed by atoms with Crippen LogP contribution in [-0.2, 0) is 6.42 Å². The van der Waals surface area contributed by atoms with E-state index in [1.807, 2.05) is 12.1 Å². The molecule has 0 amide bonds. The molecule has 1 aromatic rings. The molecule has 3 heteroatoms. The molecule has 17 heavy (non-hydrogen) atoms. The smallest absolute Gasteiger partial charge is 0.168 e. The van der Waals surface area contributed by atoms with Gasteiger partial charge in [-0.05, 0) is 49.4 Å². The highest BCUT2D eigenvalue weighted by Gasteiger charge is 2.20. The van der Waals surface area contributed by atoms with Gasteiger partial charge in [0, 0.05) is 0 Å². The Kier molecular flexibility index (Phi) is 4.00. The number of piperidine rings is 1. The number of benzene rings is 1. The Morgan fingerprint density at radius 3 is 2.94 bits per heavy atom. The minimum Gasteiger partial charge on any atom is -0.494 e. The number of methoxy groups -OCH3 is 1. The van der Waals surface area contributed by atoms with E-state index >= 15 is 0 Å². The van der Waals surface area contributed by atoms with Gasteiger partial charge in [-0.3, -0.25) is 0 Å². The zero-order valence-corrected chi connectivity index (χ0v) is 10.5. The molecule has 2 unspecified atom stereocenters. The van der Waals surface area contributed by atoms with Gasteiger partial charge in [0.05, 0.1) is 7.11 Å². The molecule has 0 saturated carbocycles. The molecular weight excluding hydrogens is 217 g/mol. The first-order valence-electron chi connectivity index (χ1n) is 6.22. The Bertz CT molecular complexity index is 380. The summed E-state index contributed by atoms with van der Waals surface area (Å²) in [6.45, 7) is 4.30. The van der Waals surface area contributed by atoms with E-state index in [9.17, 15) is 4.39 Å². The largest absolute Gasteiger partial charge is 0.494 e. The summed E-state index contributed by atoms with van der Waals surface area (Å²) in [4.78, 5) is 0. The monoisotopic (exact) mass is 237 g/mol. The van der Waals surface area contributed by atoms with Gasteiger partial charge >= 0.3 is 0 Å². The summed E-state index contributed by atoms with van der Waals surface area (Å²) in [5, 5.41) is 3.40. The third-order valence-electron chi connectivity index (χ3n) is 3.43. The first-order chi connectivity index (χ1) is 8.20. The molecule has 2 nitrogen and oxygen atoms in total. The molecule has 0 aromatic heterocycles. The van der Waals surface area contributed by atoms with E-state index in [-0.39, 0.29) is 5.82 Å². The lowest BCUT2D eigenvalue weighted by molar-refractivity contribution is 0.298. The summed E-state index contributed by atoms with van der Waals surface area (Å²) < 4.78 is 19.0. The van der Waals surface area contributed by atoms with E-state index in [0.29, 0.717) is 17.6 Å². The lowest BCUT2D eigenvalue weighted by Crippen LogP contribution is -2.36. The number of ether oxygens (including phenoxy) is 1. The Labute approximate surface area is 102 Å². The lowest BCUT2D eigenvalue weighted by Gasteiger charge is -2.28. The van der Waals surface area contributed by atoms with E-state index in [2.05, 4.69) is 12.2 Å². The minimum absolute atomic E-state index is 0.201. The summed E-state index contributed by atoms with van der Waals surface area (Å²) in [7, 11) is 1.51. The van der Waals surface area contributed by atoms with Gasteiger partial charge in [0.25, 0.3) is 0 Å². The Morgan fingerprint density at radius 2 is 2.24 bits per heavy atom. The highest BCUT2D eigenvalue weighted by molar-refractivity contribution is 5.31. The summed E-state index contributed by atoms with van der Waals surface area (Å²) in [5.74, 6) is 1.36. The molecule has 0 radical (unpaired) electrons. The van der Waals surface area contributed by atoms with Gasteiger partial charge in [0.2, 0.25) is 0 Å². The van der Waals surface area contributed by atoms with Crippen molar-refractivity contribution < 1.29 is 9.13 Å². The number of hydrogen-bond acceptors (Lipinski definition) is 2. The molecule has 0 aliphatic carbocycles. The van der Waals surface area contributed by atoms with Gasteiger partial charge in [-0.1, -0.05) is 19.1 Å². The topological polar surface area (TPSA) is 21.3 Å². The quantitative estimate of drug-likeness (QED) is 0.872. The van der Waals surface area contributed by atoms with Gasteiger partial charge in [-0.2, -0.15) is 0 Å². The van der Waals surface area contributed by atoms with Crippen LogP contribution in [0.25, 0.3) is 0 Å². The molecule has 1 heterocycles. The van der Waals surface area contributed by atoms with Crippen LogP contribution in [0.15, 0.2) is 18.2 Å². The minimum atomic E-state index is -0.201. The molecule has 0 spiro atoms. The van der Waals surface area contributed by atoms with Crippen molar-refractivity contribution in [1.82, 2.24) is 5.32 Å². The number of hydrogen-bond donors (Lipinski definition) is 1. The van der Waals surface area contributed by atoms with Gasteiger partial charge in [-0.15, -0.1) is 0 Å². The van der Waals surface area contributed by atoms with E-state index in [4.69, 9.17) is 4.74 Å². The van der Waals surface area contributed by atoms with Crippen LogP contribution in [0, 0.1) is 17.7 Å². The fraction of sp³-hybridized carbons (Fsp3) is 0.571. The average molecular weight is 237 g/mol. The normalized spacial score (nSPS) is 24.6. The molecule has 0 bridgehead atoms. The molecule has 2 rings (SSSR count). The molecule has 1 fully saturated rings. The van der Waals surface area contributed by atoms with Crippen molar-refractivity contribution in [2.45, 2.75) is 19.8 Å². The zero-order valence-electron chi connectivity index (χ0n) is 10.5. The molecule has 1 aromatic carbocycles. The maximum atomic E-state index is 14.0. The fourth-order valence-corrected chi connectivity index (χ4v) is 2.61. The second-order valence-corrected chi connectivity index (χ2v) is 5.00. The first-order valence-corrected chi connectivity index (χ1v) is 6.22. The summed E-state index contributed by atoms with van der Waals surface area (Å²) in [5.41, 5.74) is 0.769. The van der Waals surface area contributed by atoms with Gasteiger partial charge in [0.1, 0.15) is 0 Å². The molecular formula is C14H20FNO. The predicted octanol–water partition coefficient (Wildman–Crippen LogP) is 2.62. The van der Waals surface area contributed by atoms with Crippen molar-refractivity contribution in [3.05, 3.63) is 29.6 Å². The third-order valence-corrected chi connectivity index (χ3v) is 3.43. The predicted molar refractivity (Wildman–Crippen MR) is 66.8 cm³/mol. The van der Waals surface area contributed by atoms with Crippen LogP contribution in [0.4, 0.5) is 4.39 Å². The maximum Gasteiger partial charge on any atom is 0.168 e. The molecule has 1 aliphatic heterocycles. The van der Waals surface area contributed by atoms with Crippen LogP contribution < -0.4 is 10.1 Å². The molecule has 1 N–H and O–H groups in total. The summed E-state index contributed by atoms with van der Waals surface area (Å²) in [6.07, 6.45) is 1.96. The number of halogens is 1. The van der Waals surface area contributed by atoms with Crippen LogP contribution in [0.2, 0.25) is 0 Å². The molecule has 1 aliphatic rings. The van der Waals surface area contributed by atoms with E-state index in [1.165, 1.54) is 13.5 Å². The molecule has 1 saturated heterocycles. The van der Waals surface area contributed by atoms with Crippen molar-refractivity contribution in [3.63, 3.8) is 0 Å². The Morgan fingerprint density at radius 1 is 1.41 bits per heavy atom. The van der Waals surface area contributed by atoms with Crippen LogP contribution >= 0.6 is 0 Å². The third kappa shape index (κ3) is 2.97. The van der Waals surface area contributed by atoms with Crippen molar-refractivity contribution in [3.8, 4) is 5.75 Å². The second kappa shape index (κ2) is 5.50. The summed E-state index contributed by atoms with van der Waals surface area (Å²) >= 11 is 0. The lowest BCUT2D eigenvalue weighted by atomic mass is 9.87. The molecule has 2 atom stereocenters. The zero-order chi connectivity index (χ0) is 12.3. The average Bonchev–Trinajstić information content (AvgIpc) is 2.32. The van der Waals surface area contributed by atoms with Crippen LogP contribution in [0.1, 0.15) is 18.9 Å².